The molecular weight excluding hydrogens is 210 g/mol. The van der Waals surface area contributed by atoms with E-state index in [1.165, 1.54) is 24.8 Å². The highest BCUT2D eigenvalue weighted by atomic mass is 15.1. The summed E-state index contributed by atoms with van der Waals surface area (Å²) in [5.74, 6) is 0.976. The predicted molar refractivity (Wildman–Crippen MR) is 72.8 cm³/mol. The maximum Gasteiger partial charge on any atom is 0.124 e. The first-order valence-electron chi connectivity index (χ1n) is 6.24. The Morgan fingerprint density at radius 1 is 1.47 bits per heavy atom. The summed E-state index contributed by atoms with van der Waals surface area (Å²) in [5, 5.41) is 7.66. The molecular formula is C14H21N3. The SMILES string of the molecule is Cc1cccc(C(=N)N)c1N(C)CC1CCC1. The molecule has 92 valence electrons. The normalized spacial score (nSPS) is 15.4. The van der Waals surface area contributed by atoms with Gasteiger partial charge in [-0.1, -0.05) is 18.6 Å². The number of nitrogens with zero attached hydrogens (tertiary/aromatic N) is 1. The molecule has 0 saturated heterocycles. The van der Waals surface area contributed by atoms with Gasteiger partial charge in [-0.3, -0.25) is 5.41 Å². The molecule has 3 heteroatoms. The Labute approximate surface area is 103 Å². The van der Waals surface area contributed by atoms with E-state index >= 15 is 0 Å². The van der Waals surface area contributed by atoms with E-state index in [0.29, 0.717) is 0 Å². The number of nitrogens with two attached hydrogens (primary N) is 1. The first-order chi connectivity index (χ1) is 8.09. The van der Waals surface area contributed by atoms with E-state index < -0.39 is 0 Å². The van der Waals surface area contributed by atoms with Crippen LogP contribution in [0.15, 0.2) is 18.2 Å². The molecule has 0 heterocycles. The molecule has 3 N–H and O–H groups in total. The molecule has 3 nitrogen and oxygen atoms in total. The van der Waals surface area contributed by atoms with Gasteiger partial charge in [0.1, 0.15) is 5.84 Å². The van der Waals surface area contributed by atoms with Crippen LogP contribution < -0.4 is 10.6 Å². The van der Waals surface area contributed by atoms with Crippen LogP contribution in [0.5, 0.6) is 0 Å². The number of nitrogen functional groups attached to an aromatic ring is 1. The number of amidine groups is 1. The lowest BCUT2D eigenvalue weighted by molar-refractivity contribution is 0.321. The van der Waals surface area contributed by atoms with Crippen LogP contribution in [0.2, 0.25) is 0 Å². The van der Waals surface area contributed by atoms with Crippen molar-refractivity contribution in [3.63, 3.8) is 0 Å². The number of aryl methyl sites for hydroxylation is 1. The lowest BCUT2D eigenvalue weighted by atomic mass is 9.85. The Balaban J connectivity index is 2.25. The van der Waals surface area contributed by atoms with Crippen molar-refractivity contribution in [1.29, 1.82) is 5.41 Å². The largest absolute Gasteiger partial charge is 0.384 e. The standard InChI is InChI=1S/C14H21N3/c1-10-5-3-8-12(14(15)16)13(10)17(2)9-11-6-4-7-11/h3,5,8,11H,4,6-7,9H2,1-2H3,(H3,15,16). The Morgan fingerprint density at radius 3 is 2.71 bits per heavy atom. The van der Waals surface area contributed by atoms with Gasteiger partial charge >= 0.3 is 0 Å². The highest BCUT2D eigenvalue weighted by Crippen LogP contribution is 2.30. The van der Waals surface area contributed by atoms with Gasteiger partial charge in [0.2, 0.25) is 0 Å². The van der Waals surface area contributed by atoms with Crippen molar-refractivity contribution < 1.29 is 0 Å². The molecule has 0 atom stereocenters. The summed E-state index contributed by atoms with van der Waals surface area (Å²) in [4.78, 5) is 2.26. The number of hydrogen-bond acceptors (Lipinski definition) is 2. The maximum atomic E-state index is 7.66. The number of benzene rings is 1. The van der Waals surface area contributed by atoms with Gasteiger partial charge in [0.05, 0.1) is 5.69 Å². The lowest BCUT2D eigenvalue weighted by Crippen LogP contribution is -2.31. The molecule has 1 aromatic carbocycles. The van der Waals surface area contributed by atoms with E-state index in [-0.39, 0.29) is 5.84 Å². The van der Waals surface area contributed by atoms with Crippen molar-refractivity contribution >= 4 is 11.5 Å². The highest BCUT2D eigenvalue weighted by molar-refractivity contribution is 6.01. The number of para-hydroxylation sites is 1. The summed E-state index contributed by atoms with van der Waals surface area (Å²) in [6.07, 6.45) is 4.04. The zero-order valence-corrected chi connectivity index (χ0v) is 10.7. The third-order valence-corrected chi connectivity index (χ3v) is 3.67. The van der Waals surface area contributed by atoms with Gasteiger partial charge in [0, 0.05) is 19.2 Å². The second kappa shape index (κ2) is 4.78. The van der Waals surface area contributed by atoms with Crippen molar-refractivity contribution in [2.24, 2.45) is 11.7 Å². The van der Waals surface area contributed by atoms with E-state index in [4.69, 9.17) is 11.1 Å². The summed E-state index contributed by atoms with van der Waals surface area (Å²) in [6, 6.07) is 5.98. The monoisotopic (exact) mass is 231 g/mol. The van der Waals surface area contributed by atoms with Crippen molar-refractivity contribution in [2.75, 3.05) is 18.5 Å². The average molecular weight is 231 g/mol. The van der Waals surface area contributed by atoms with E-state index in [2.05, 4.69) is 24.9 Å². The minimum atomic E-state index is 0.157. The van der Waals surface area contributed by atoms with Gasteiger partial charge in [-0.25, -0.2) is 0 Å². The molecule has 1 aliphatic carbocycles. The molecule has 0 aliphatic heterocycles. The van der Waals surface area contributed by atoms with Gasteiger partial charge < -0.3 is 10.6 Å². The van der Waals surface area contributed by atoms with Crippen molar-refractivity contribution in [1.82, 2.24) is 0 Å². The molecule has 0 spiro atoms. The third-order valence-electron chi connectivity index (χ3n) is 3.67. The van der Waals surface area contributed by atoms with Gasteiger partial charge in [-0.2, -0.15) is 0 Å². The third kappa shape index (κ3) is 2.43. The van der Waals surface area contributed by atoms with Crippen molar-refractivity contribution in [2.45, 2.75) is 26.2 Å². The van der Waals surface area contributed by atoms with Crippen molar-refractivity contribution in [3.05, 3.63) is 29.3 Å². The van der Waals surface area contributed by atoms with Gasteiger partial charge in [-0.15, -0.1) is 0 Å². The Hall–Kier alpha value is -1.51. The first-order valence-corrected chi connectivity index (χ1v) is 6.24. The maximum absolute atomic E-state index is 7.66. The second-order valence-corrected chi connectivity index (χ2v) is 5.06. The number of anilines is 1. The molecule has 0 aromatic heterocycles. The summed E-state index contributed by atoms with van der Waals surface area (Å²) < 4.78 is 0. The van der Waals surface area contributed by atoms with Crippen LogP contribution in [0.4, 0.5) is 5.69 Å². The molecule has 1 aromatic rings. The molecule has 0 bridgehead atoms. The zero-order chi connectivity index (χ0) is 12.4. The molecule has 0 radical (unpaired) electrons. The summed E-state index contributed by atoms with van der Waals surface area (Å²) in [5.41, 5.74) is 8.82. The topological polar surface area (TPSA) is 53.1 Å². The Morgan fingerprint density at radius 2 is 2.18 bits per heavy atom. The number of rotatable bonds is 4. The molecule has 0 amide bonds. The number of hydrogen-bond donors (Lipinski definition) is 2. The van der Waals surface area contributed by atoms with Crippen LogP contribution in [0.1, 0.15) is 30.4 Å². The molecule has 1 aliphatic rings. The van der Waals surface area contributed by atoms with E-state index in [1.807, 2.05) is 12.1 Å². The summed E-state index contributed by atoms with van der Waals surface area (Å²) >= 11 is 0. The zero-order valence-electron chi connectivity index (χ0n) is 10.7. The van der Waals surface area contributed by atoms with Crippen LogP contribution in [0.25, 0.3) is 0 Å². The van der Waals surface area contributed by atoms with Crippen molar-refractivity contribution in [3.8, 4) is 0 Å². The predicted octanol–water partition coefficient (Wildman–Crippen LogP) is 2.52. The minimum Gasteiger partial charge on any atom is -0.384 e. The summed E-state index contributed by atoms with van der Waals surface area (Å²) in [7, 11) is 2.10. The van der Waals surface area contributed by atoms with Crippen LogP contribution in [0.3, 0.4) is 0 Å². The smallest absolute Gasteiger partial charge is 0.124 e. The Kier molecular flexibility index (Phi) is 3.36. The fourth-order valence-corrected chi connectivity index (χ4v) is 2.54. The molecule has 1 saturated carbocycles. The van der Waals surface area contributed by atoms with Gasteiger partial charge in [-0.05, 0) is 37.3 Å². The van der Waals surface area contributed by atoms with Crippen LogP contribution in [0, 0.1) is 18.3 Å². The molecule has 0 unspecified atom stereocenters. The van der Waals surface area contributed by atoms with Crippen LogP contribution in [-0.4, -0.2) is 19.4 Å². The fraction of sp³-hybridized carbons (Fsp3) is 0.500. The lowest BCUT2D eigenvalue weighted by Gasteiger charge is -2.33. The van der Waals surface area contributed by atoms with Gasteiger partial charge in [0.25, 0.3) is 0 Å². The summed E-state index contributed by atoms with van der Waals surface area (Å²) in [6.45, 7) is 3.16. The van der Waals surface area contributed by atoms with Gasteiger partial charge in [0.15, 0.2) is 0 Å². The number of nitrogens with one attached hydrogen (secondary N) is 1. The minimum absolute atomic E-state index is 0.157. The molecule has 1 fully saturated rings. The average Bonchev–Trinajstić information content (AvgIpc) is 2.22. The second-order valence-electron chi connectivity index (χ2n) is 5.06. The quantitative estimate of drug-likeness (QED) is 0.618. The van der Waals surface area contributed by atoms with E-state index in [0.717, 1.165) is 23.7 Å². The Bertz CT molecular complexity index is 421. The fourth-order valence-electron chi connectivity index (χ4n) is 2.54. The first kappa shape index (κ1) is 12.0. The van der Waals surface area contributed by atoms with Crippen LogP contribution in [-0.2, 0) is 0 Å². The van der Waals surface area contributed by atoms with E-state index in [9.17, 15) is 0 Å². The van der Waals surface area contributed by atoms with Crippen LogP contribution >= 0.6 is 0 Å². The molecule has 2 rings (SSSR count). The van der Waals surface area contributed by atoms with E-state index in [1.54, 1.807) is 0 Å². The molecule has 17 heavy (non-hydrogen) atoms. The highest BCUT2D eigenvalue weighted by Gasteiger charge is 2.21.